The summed E-state index contributed by atoms with van der Waals surface area (Å²) >= 11 is 0. The van der Waals surface area contributed by atoms with E-state index >= 15 is 0 Å². The molecule has 2 heterocycles. The minimum Gasteiger partial charge on any atom is -0.271 e. The molecule has 0 N–H and O–H groups in total. The minimum atomic E-state index is -3.62. The fourth-order valence-electron chi connectivity index (χ4n) is 4.26. The number of benzene rings is 2. The molecule has 0 fully saturated rings. The first kappa shape index (κ1) is 27.7. The molecule has 3 aromatic rings. The zero-order valence-corrected chi connectivity index (χ0v) is 23.2. The number of hydrogen-bond donors (Lipinski definition) is 0. The molecule has 39 heavy (non-hydrogen) atoms. The van der Waals surface area contributed by atoms with Crippen LogP contribution in [0.25, 0.3) is 23.0 Å². The van der Waals surface area contributed by atoms with Crippen molar-refractivity contribution in [3.63, 3.8) is 0 Å². The van der Waals surface area contributed by atoms with Crippen LogP contribution in [0.5, 0.6) is 0 Å². The predicted octanol–water partition coefficient (Wildman–Crippen LogP) is 4.18. The lowest BCUT2D eigenvalue weighted by Gasteiger charge is -2.31. The monoisotopic (exact) mass is 543 g/mol. The third-order valence-electron chi connectivity index (χ3n) is 6.77. The van der Waals surface area contributed by atoms with E-state index in [9.17, 15) is 23.3 Å². The number of rotatable bonds is 7. The second-order valence-corrected chi connectivity index (χ2v) is 11.6. The summed E-state index contributed by atoms with van der Waals surface area (Å²) in [6.07, 6.45) is 3.95. The quantitative estimate of drug-likeness (QED) is 0.326. The van der Waals surface area contributed by atoms with E-state index in [0.29, 0.717) is 28.8 Å². The Hall–Kier alpha value is -4.33. The normalized spacial score (nSPS) is 16.2. The second kappa shape index (κ2) is 10.8. The highest BCUT2D eigenvalue weighted by molar-refractivity contribution is 7.89. The fraction of sp³-hybridized carbons (Fsp3) is 0.241. The van der Waals surface area contributed by atoms with Gasteiger partial charge < -0.3 is 0 Å². The Kier molecular flexibility index (Phi) is 7.67. The van der Waals surface area contributed by atoms with Crippen molar-refractivity contribution in [1.82, 2.24) is 19.0 Å². The Labute approximate surface area is 228 Å². The van der Waals surface area contributed by atoms with E-state index in [1.165, 1.54) is 26.2 Å². The summed E-state index contributed by atoms with van der Waals surface area (Å²) in [5.41, 5.74) is 2.95. The molecule has 10 heteroatoms. The van der Waals surface area contributed by atoms with Gasteiger partial charge in [0.15, 0.2) is 0 Å². The van der Waals surface area contributed by atoms with Crippen molar-refractivity contribution >= 4 is 27.9 Å². The smallest absolute Gasteiger partial charge is 0.271 e. The van der Waals surface area contributed by atoms with Gasteiger partial charge in [-0.1, -0.05) is 37.3 Å². The largest absolute Gasteiger partial charge is 0.271 e. The van der Waals surface area contributed by atoms with E-state index in [1.807, 2.05) is 43.3 Å². The van der Waals surface area contributed by atoms with Gasteiger partial charge in [-0.3, -0.25) is 14.5 Å². The van der Waals surface area contributed by atoms with E-state index in [0.717, 1.165) is 14.9 Å². The maximum atomic E-state index is 13.6. The van der Waals surface area contributed by atoms with Crippen molar-refractivity contribution in [2.75, 3.05) is 14.1 Å². The summed E-state index contributed by atoms with van der Waals surface area (Å²) < 4.78 is 27.9. The molecule has 0 radical (unpaired) electrons. The summed E-state index contributed by atoms with van der Waals surface area (Å²) in [6.45, 7) is 5.23. The number of imide groups is 1. The SMILES string of the molecule is CCC(C)N1C(=O)C(C#N)=C(C)/C(=C\c2cn(-c3ccccc3)nc2-c2ccc(S(=O)(=O)N(C)C)cc2)C1=O. The number of hydrogen-bond acceptors (Lipinski definition) is 6. The molecule has 1 aromatic heterocycles. The molecule has 2 amide bonds. The van der Waals surface area contributed by atoms with Crippen LogP contribution in [-0.2, 0) is 19.6 Å². The second-order valence-electron chi connectivity index (χ2n) is 9.43. The minimum absolute atomic E-state index is 0.0728. The standard InChI is InChI=1S/C29H29N5O4S/c1-6-19(2)34-28(35)25(20(3)26(17-30)29(34)36)16-22-18-33(23-10-8-7-9-11-23)31-27(22)21-12-14-24(15-13-21)39(37,38)32(4)5/h7-16,18-19H,6H2,1-5H3/b25-16+. The van der Waals surface area contributed by atoms with Gasteiger partial charge in [-0.2, -0.15) is 10.4 Å². The van der Waals surface area contributed by atoms with E-state index < -0.39 is 21.8 Å². The van der Waals surface area contributed by atoms with Crippen molar-refractivity contribution in [2.45, 2.75) is 38.1 Å². The van der Waals surface area contributed by atoms with Gasteiger partial charge in [0.1, 0.15) is 11.6 Å². The lowest BCUT2D eigenvalue weighted by atomic mass is 9.92. The lowest BCUT2D eigenvalue weighted by Crippen LogP contribution is -2.47. The lowest BCUT2D eigenvalue weighted by molar-refractivity contribution is -0.142. The number of nitrogens with zero attached hydrogens (tertiary/aromatic N) is 5. The van der Waals surface area contributed by atoms with Crippen molar-refractivity contribution in [3.05, 3.63) is 83.1 Å². The molecule has 1 atom stereocenters. The Morgan fingerprint density at radius 2 is 1.69 bits per heavy atom. The molecule has 1 aliphatic heterocycles. The van der Waals surface area contributed by atoms with Gasteiger partial charge in [-0.05, 0) is 56.2 Å². The first-order valence-electron chi connectivity index (χ1n) is 12.4. The zero-order chi connectivity index (χ0) is 28.5. The third-order valence-corrected chi connectivity index (χ3v) is 8.60. The van der Waals surface area contributed by atoms with Gasteiger partial charge in [0.25, 0.3) is 11.8 Å². The number of sulfonamides is 1. The zero-order valence-electron chi connectivity index (χ0n) is 22.4. The first-order valence-corrected chi connectivity index (χ1v) is 13.8. The molecule has 9 nitrogen and oxygen atoms in total. The third kappa shape index (κ3) is 5.06. The van der Waals surface area contributed by atoms with Crippen LogP contribution >= 0.6 is 0 Å². The molecule has 0 saturated carbocycles. The van der Waals surface area contributed by atoms with E-state index in [-0.39, 0.29) is 22.1 Å². The van der Waals surface area contributed by atoms with Gasteiger partial charge in [0.05, 0.1) is 16.3 Å². The van der Waals surface area contributed by atoms with Crippen LogP contribution in [-0.4, -0.2) is 59.4 Å². The van der Waals surface area contributed by atoms with Crippen LogP contribution in [0.15, 0.2) is 82.4 Å². The molecule has 200 valence electrons. The molecular weight excluding hydrogens is 514 g/mol. The van der Waals surface area contributed by atoms with Crippen LogP contribution in [0.2, 0.25) is 0 Å². The molecule has 2 aromatic carbocycles. The summed E-state index contributed by atoms with van der Waals surface area (Å²) in [7, 11) is -0.681. The maximum Gasteiger partial charge on any atom is 0.271 e. The molecule has 0 aliphatic carbocycles. The molecule has 1 aliphatic rings. The average Bonchev–Trinajstić information content (AvgIpc) is 3.35. The van der Waals surface area contributed by atoms with Crippen molar-refractivity contribution in [3.8, 4) is 23.0 Å². The Balaban J connectivity index is 1.92. The molecular formula is C29H29N5O4S. The highest BCUT2D eigenvalue weighted by Crippen LogP contribution is 2.32. The van der Waals surface area contributed by atoms with Crippen LogP contribution in [0.3, 0.4) is 0 Å². The van der Waals surface area contributed by atoms with Crippen LogP contribution < -0.4 is 0 Å². The van der Waals surface area contributed by atoms with Crippen molar-refractivity contribution in [2.24, 2.45) is 0 Å². The highest BCUT2D eigenvalue weighted by atomic mass is 32.2. The first-order chi connectivity index (χ1) is 18.5. The maximum absolute atomic E-state index is 13.6. The Bertz CT molecular complexity index is 1640. The fourth-order valence-corrected chi connectivity index (χ4v) is 5.17. The number of carbonyl (C=O) groups is 2. The number of para-hydroxylation sites is 1. The highest BCUT2D eigenvalue weighted by Gasteiger charge is 2.38. The molecule has 0 spiro atoms. The molecule has 1 unspecified atom stereocenters. The topological polar surface area (TPSA) is 116 Å². The molecule has 4 rings (SSSR count). The summed E-state index contributed by atoms with van der Waals surface area (Å²) in [5, 5.41) is 14.5. The average molecular weight is 544 g/mol. The van der Waals surface area contributed by atoms with Gasteiger partial charge >= 0.3 is 0 Å². The Morgan fingerprint density at radius 1 is 1.05 bits per heavy atom. The predicted molar refractivity (Wildman–Crippen MR) is 148 cm³/mol. The number of carbonyl (C=O) groups excluding carboxylic acids is 2. The van der Waals surface area contributed by atoms with E-state index in [1.54, 1.807) is 42.9 Å². The van der Waals surface area contributed by atoms with E-state index in [4.69, 9.17) is 5.10 Å². The van der Waals surface area contributed by atoms with E-state index in [2.05, 4.69) is 0 Å². The Morgan fingerprint density at radius 3 is 2.26 bits per heavy atom. The van der Waals surface area contributed by atoms with Crippen LogP contribution in [0, 0.1) is 11.3 Å². The van der Waals surface area contributed by atoms with Crippen LogP contribution in [0.1, 0.15) is 32.8 Å². The number of amides is 2. The summed E-state index contributed by atoms with van der Waals surface area (Å²) in [4.78, 5) is 27.8. The van der Waals surface area contributed by atoms with Crippen LogP contribution in [0.4, 0.5) is 0 Å². The number of aromatic nitrogens is 2. The number of nitriles is 1. The van der Waals surface area contributed by atoms with Crippen molar-refractivity contribution in [1.29, 1.82) is 5.26 Å². The van der Waals surface area contributed by atoms with Gasteiger partial charge in [0, 0.05) is 43.0 Å². The molecule has 0 bridgehead atoms. The summed E-state index contributed by atoms with van der Waals surface area (Å²) in [5.74, 6) is -1.07. The van der Waals surface area contributed by atoms with Crippen molar-refractivity contribution < 1.29 is 18.0 Å². The van der Waals surface area contributed by atoms with Gasteiger partial charge in [-0.25, -0.2) is 17.4 Å². The molecule has 0 saturated heterocycles. The summed E-state index contributed by atoms with van der Waals surface area (Å²) in [6, 6.07) is 17.3. The van der Waals surface area contributed by atoms with Gasteiger partial charge in [0.2, 0.25) is 10.0 Å². The van der Waals surface area contributed by atoms with Gasteiger partial charge in [-0.15, -0.1) is 0 Å².